The Labute approximate surface area is 105 Å². The lowest BCUT2D eigenvalue weighted by Crippen LogP contribution is -2.43. The fraction of sp³-hybridized carbons (Fsp3) is 0.923. The lowest BCUT2D eigenvalue weighted by atomic mass is 10.0. The number of carbonyl (C=O) groups excluding carboxylic acids is 1. The van der Waals surface area contributed by atoms with Gasteiger partial charge in [0.05, 0.1) is 6.54 Å². The molecule has 1 unspecified atom stereocenters. The first-order valence-electron chi connectivity index (χ1n) is 6.65. The van der Waals surface area contributed by atoms with E-state index in [1.165, 1.54) is 12.8 Å². The zero-order valence-electron chi connectivity index (χ0n) is 11.6. The van der Waals surface area contributed by atoms with Crippen LogP contribution in [-0.2, 0) is 4.79 Å². The van der Waals surface area contributed by atoms with Gasteiger partial charge < -0.3 is 15.5 Å². The normalized spacial score (nSPS) is 17.5. The minimum absolute atomic E-state index is 0.118. The third-order valence-electron chi connectivity index (χ3n) is 3.14. The van der Waals surface area contributed by atoms with E-state index in [9.17, 15) is 4.79 Å². The van der Waals surface area contributed by atoms with E-state index < -0.39 is 0 Å². The van der Waals surface area contributed by atoms with Gasteiger partial charge in [-0.05, 0) is 39.3 Å². The smallest absolute Gasteiger partial charge is 0.234 e. The summed E-state index contributed by atoms with van der Waals surface area (Å²) in [5.74, 6) is 0.774. The highest BCUT2D eigenvalue weighted by Crippen LogP contribution is 2.17. The fourth-order valence-corrected chi connectivity index (χ4v) is 1.84. The summed E-state index contributed by atoms with van der Waals surface area (Å²) in [5.41, 5.74) is 0. The standard InChI is InChI=1S/C13H27N3O/c1-10(2)7-12(16(3)4)8-15-13(17)9-14-11-5-6-11/h10-12,14H,5-9H2,1-4H3,(H,15,17). The highest BCUT2D eigenvalue weighted by molar-refractivity contribution is 5.78. The first kappa shape index (κ1) is 14.5. The molecule has 0 saturated heterocycles. The summed E-state index contributed by atoms with van der Waals surface area (Å²) in [6, 6.07) is 1.03. The van der Waals surface area contributed by atoms with E-state index in [2.05, 4.69) is 43.5 Å². The molecule has 1 saturated carbocycles. The Morgan fingerprint density at radius 2 is 2.00 bits per heavy atom. The molecule has 0 aliphatic heterocycles. The number of nitrogens with one attached hydrogen (secondary N) is 2. The Bertz CT molecular complexity index is 237. The maximum Gasteiger partial charge on any atom is 0.234 e. The van der Waals surface area contributed by atoms with Crippen molar-refractivity contribution in [1.29, 1.82) is 0 Å². The van der Waals surface area contributed by atoms with E-state index in [1.54, 1.807) is 0 Å². The molecule has 17 heavy (non-hydrogen) atoms. The lowest BCUT2D eigenvalue weighted by Gasteiger charge is -2.26. The number of hydrogen-bond donors (Lipinski definition) is 2. The van der Waals surface area contributed by atoms with Crippen molar-refractivity contribution in [3.8, 4) is 0 Å². The Hall–Kier alpha value is -0.610. The molecule has 0 aromatic carbocycles. The average Bonchev–Trinajstić information content (AvgIpc) is 3.04. The van der Waals surface area contributed by atoms with Crippen molar-refractivity contribution >= 4 is 5.91 Å². The number of carbonyl (C=O) groups is 1. The van der Waals surface area contributed by atoms with Crippen LogP contribution in [0.2, 0.25) is 0 Å². The summed E-state index contributed by atoms with van der Waals surface area (Å²) in [4.78, 5) is 13.8. The number of hydrogen-bond acceptors (Lipinski definition) is 3. The minimum Gasteiger partial charge on any atom is -0.353 e. The maximum atomic E-state index is 11.6. The minimum atomic E-state index is 0.118. The van der Waals surface area contributed by atoms with Crippen molar-refractivity contribution in [2.24, 2.45) is 5.92 Å². The molecular weight excluding hydrogens is 214 g/mol. The Balaban J connectivity index is 2.17. The van der Waals surface area contributed by atoms with E-state index in [0.29, 0.717) is 24.5 Å². The van der Waals surface area contributed by atoms with E-state index in [0.717, 1.165) is 13.0 Å². The molecule has 2 N–H and O–H groups in total. The van der Waals surface area contributed by atoms with Crippen LogP contribution < -0.4 is 10.6 Å². The van der Waals surface area contributed by atoms with Crippen LogP contribution in [0.5, 0.6) is 0 Å². The van der Waals surface area contributed by atoms with Crippen LogP contribution in [0.25, 0.3) is 0 Å². The molecule has 0 aromatic heterocycles. The molecule has 4 nitrogen and oxygen atoms in total. The largest absolute Gasteiger partial charge is 0.353 e. The van der Waals surface area contributed by atoms with Crippen molar-refractivity contribution in [2.45, 2.75) is 45.2 Å². The first-order valence-corrected chi connectivity index (χ1v) is 6.65. The molecular formula is C13H27N3O. The highest BCUT2D eigenvalue weighted by atomic mass is 16.1. The van der Waals surface area contributed by atoms with Crippen LogP contribution in [0.1, 0.15) is 33.1 Å². The van der Waals surface area contributed by atoms with Gasteiger partial charge >= 0.3 is 0 Å². The molecule has 1 aliphatic carbocycles. The van der Waals surface area contributed by atoms with Gasteiger partial charge in [0, 0.05) is 18.6 Å². The third kappa shape index (κ3) is 6.64. The summed E-state index contributed by atoms with van der Waals surface area (Å²) in [5, 5.41) is 6.23. The van der Waals surface area contributed by atoms with Gasteiger partial charge in [0.1, 0.15) is 0 Å². The predicted octanol–water partition coefficient (Wildman–Crippen LogP) is 0.831. The second-order valence-corrected chi connectivity index (χ2v) is 5.71. The molecule has 0 bridgehead atoms. The zero-order chi connectivity index (χ0) is 12.8. The van der Waals surface area contributed by atoms with Gasteiger partial charge in [-0.3, -0.25) is 4.79 Å². The third-order valence-corrected chi connectivity index (χ3v) is 3.14. The van der Waals surface area contributed by atoms with Crippen LogP contribution in [0.4, 0.5) is 0 Å². The molecule has 1 atom stereocenters. The van der Waals surface area contributed by atoms with E-state index in [4.69, 9.17) is 0 Å². The van der Waals surface area contributed by atoms with Crippen molar-refractivity contribution in [2.75, 3.05) is 27.2 Å². The SMILES string of the molecule is CC(C)CC(CNC(=O)CNC1CC1)N(C)C. The number of rotatable bonds is 8. The van der Waals surface area contributed by atoms with Crippen LogP contribution in [0.15, 0.2) is 0 Å². The second-order valence-electron chi connectivity index (χ2n) is 5.71. The molecule has 1 amide bonds. The van der Waals surface area contributed by atoms with Gasteiger partial charge in [0.25, 0.3) is 0 Å². The quantitative estimate of drug-likeness (QED) is 0.661. The Morgan fingerprint density at radius 3 is 2.47 bits per heavy atom. The highest BCUT2D eigenvalue weighted by Gasteiger charge is 2.21. The van der Waals surface area contributed by atoms with Crippen LogP contribution in [0.3, 0.4) is 0 Å². The molecule has 0 spiro atoms. The monoisotopic (exact) mass is 241 g/mol. The van der Waals surface area contributed by atoms with Crippen LogP contribution in [0, 0.1) is 5.92 Å². The van der Waals surface area contributed by atoms with Gasteiger partial charge in [0.2, 0.25) is 5.91 Å². The number of nitrogens with zero attached hydrogens (tertiary/aromatic N) is 1. The van der Waals surface area contributed by atoms with Gasteiger partial charge in [-0.15, -0.1) is 0 Å². The maximum absolute atomic E-state index is 11.6. The molecule has 1 rings (SSSR count). The molecule has 0 aromatic rings. The van der Waals surface area contributed by atoms with Gasteiger partial charge in [-0.1, -0.05) is 13.8 Å². The topological polar surface area (TPSA) is 44.4 Å². The first-order chi connectivity index (χ1) is 7.99. The van der Waals surface area contributed by atoms with Gasteiger partial charge in [0.15, 0.2) is 0 Å². The van der Waals surface area contributed by atoms with Crippen molar-refractivity contribution in [3.05, 3.63) is 0 Å². The van der Waals surface area contributed by atoms with E-state index in [-0.39, 0.29) is 5.91 Å². The molecule has 0 radical (unpaired) electrons. The number of amides is 1. The van der Waals surface area contributed by atoms with E-state index >= 15 is 0 Å². The summed E-state index contributed by atoms with van der Waals surface area (Å²) in [6.07, 6.45) is 3.56. The van der Waals surface area contributed by atoms with Crippen molar-refractivity contribution in [3.63, 3.8) is 0 Å². The summed E-state index contributed by atoms with van der Waals surface area (Å²) < 4.78 is 0. The Morgan fingerprint density at radius 1 is 1.35 bits per heavy atom. The van der Waals surface area contributed by atoms with Crippen molar-refractivity contribution in [1.82, 2.24) is 15.5 Å². The summed E-state index contributed by atoms with van der Waals surface area (Å²) in [7, 11) is 4.14. The van der Waals surface area contributed by atoms with Gasteiger partial charge in [-0.25, -0.2) is 0 Å². The predicted molar refractivity (Wildman–Crippen MR) is 71.0 cm³/mol. The molecule has 4 heteroatoms. The summed E-state index contributed by atoms with van der Waals surface area (Å²) >= 11 is 0. The average molecular weight is 241 g/mol. The molecule has 1 aliphatic rings. The van der Waals surface area contributed by atoms with Gasteiger partial charge in [-0.2, -0.15) is 0 Å². The van der Waals surface area contributed by atoms with Crippen LogP contribution >= 0.6 is 0 Å². The molecule has 100 valence electrons. The Kier molecular flexibility index (Phi) is 5.92. The second kappa shape index (κ2) is 6.97. The van der Waals surface area contributed by atoms with E-state index in [1.807, 2.05) is 0 Å². The van der Waals surface area contributed by atoms with Crippen molar-refractivity contribution < 1.29 is 4.79 Å². The molecule has 1 fully saturated rings. The summed E-state index contributed by atoms with van der Waals surface area (Å²) in [6.45, 7) is 5.64. The number of likely N-dealkylation sites (N-methyl/N-ethyl adjacent to an activating group) is 1. The molecule has 0 heterocycles. The van der Waals surface area contributed by atoms with Crippen LogP contribution in [-0.4, -0.2) is 50.1 Å². The zero-order valence-corrected chi connectivity index (χ0v) is 11.6. The fourth-order valence-electron chi connectivity index (χ4n) is 1.84. The lowest BCUT2D eigenvalue weighted by molar-refractivity contribution is -0.120.